The fourth-order valence-corrected chi connectivity index (χ4v) is 9.95. The van der Waals surface area contributed by atoms with Gasteiger partial charge in [-0.15, -0.1) is 11.8 Å². The Hall–Kier alpha value is -6.02. The molecule has 5 aromatic rings. The van der Waals surface area contributed by atoms with Crippen molar-refractivity contribution in [1.29, 1.82) is 5.41 Å². The third-order valence-electron chi connectivity index (χ3n) is 10.4. The van der Waals surface area contributed by atoms with E-state index < -0.39 is 58.4 Å². The number of rotatable bonds is 14. The van der Waals surface area contributed by atoms with Gasteiger partial charge in [-0.05, 0) is 77.4 Å². The molecule has 2 aliphatic heterocycles. The van der Waals surface area contributed by atoms with Crippen LogP contribution < -0.4 is 49.2 Å². The molecule has 0 spiro atoms. The Labute approximate surface area is 448 Å². The van der Waals surface area contributed by atoms with Crippen molar-refractivity contribution in [2.75, 3.05) is 25.3 Å². The van der Waals surface area contributed by atoms with E-state index >= 15 is 4.39 Å². The van der Waals surface area contributed by atoms with Crippen molar-refractivity contribution in [3.8, 4) is 5.75 Å². The zero-order valence-electron chi connectivity index (χ0n) is 40.0. The standard InChI is InChI=1S/C47H48Cl2FN9O10S2.HI/c1-46(2,3)68-44(63)54-38(51)26-17-30(48)29(31(50)18-26)21-58-16-13-25-19-57(15-14-32(25)58)20-27-23-70-41-35(40(61)59(41)36(27)42(62)67-22-24-9-11-28(65-7)12-10-24)52-39(60)34(56-66-8)33-37(49)71-43(53-33)55-45(64)69-47(4,5)6;/h9-19,35,41H,20-23H2,1-8H3,(H3-,51,52,53,54,55,60,63,64);1H/t35-,41-;/m1./s1. The SMILES string of the molecule is CON=C(C(=O)N[C@@H]1C(=O)N2C(C(=O)OCc3ccc(OC)cc3)=C(C[n+]3ccc4c(ccn4Cc4c(F)cc(C(=N)NC(=O)OC(C)(C)C)cc4Cl)c3)CS[C@H]12)c1nc(NC(=O)OC(C)(C)C)sc1Cl.[I-]. The summed E-state index contributed by atoms with van der Waals surface area (Å²) in [4.78, 5) is 77.2. The molecule has 3 aromatic heterocycles. The Morgan fingerprint density at radius 2 is 1.69 bits per heavy atom. The average Bonchev–Trinajstić information content (AvgIpc) is 3.87. The molecule has 1 saturated heterocycles. The van der Waals surface area contributed by atoms with Crippen LogP contribution in [0.4, 0.5) is 19.1 Å². The lowest BCUT2D eigenvalue weighted by Gasteiger charge is -2.49. The van der Waals surface area contributed by atoms with E-state index in [2.05, 4.69) is 26.1 Å². The molecule has 0 saturated carbocycles. The van der Waals surface area contributed by atoms with E-state index in [0.29, 0.717) is 16.9 Å². The number of benzene rings is 2. The highest BCUT2D eigenvalue weighted by Crippen LogP contribution is 2.41. The highest BCUT2D eigenvalue weighted by atomic mass is 127. The van der Waals surface area contributed by atoms with Crippen LogP contribution in [-0.2, 0) is 53.1 Å². The first kappa shape index (κ1) is 55.3. The van der Waals surface area contributed by atoms with Gasteiger partial charge in [-0.2, -0.15) is 0 Å². The molecule has 25 heteroatoms. The van der Waals surface area contributed by atoms with Crippen molar-refractivity contribution < 1.29 is 80.7 Å². The monoisotopic (exact) mass is 1180 g/mol. The number of ether oxygens (including phenoxy) is 4. The van der Waals surface area contributed by atoms with Gasteiger partial charge in [0.25, 0.3) is 11.8 Å². The van der Waals surface area contributed by atoms with Crippen molar-refractivity contribution in [2.45, 2.75) is 83.9 Å². The van der Waals surface area contributed by atoms with E-state index in [-0.39, 0.29) is 98.0 Å². The van der Waals surface area contributed by atoms with Crippen molar-refractivity contribution in [3.05, 3.63) is 116 Å². The number of amidine groups is 1. The number of nitrogens with zero attached hydrogens (tertiary/aromatic N) is 5. The number of pyridine rings is 1. The smallest absolute Gasteiger partial charge is 0.413 e. The van der Waals surface area contributed by atoms with Crippen LogP contribution >= 0.6 is 46.3 Å². The first-order chi connectivity index (χ1) is 33.5. The van der Waals surface area contributed by atoms with Crippen molar-refractivity contribution >= 4 is 104 Å². The third kappa shape index (κ3) is 13.1. The van der Waals surface area contributed by atoms with Crippen molar-refractivity contribution in [2.24, 2.45) is 5.16 Å². The predicted octanol–water partition coefficient (Wildman–Crippen LogP) is 4.54. The van der Waals surface area contributed by atoms with Crippen molar-refractivity contribution in [1.82, 2.24) is 25.1 Å². The van der Waals surface area contributed by atoms with Crippen LogP contribution in [0.2, 0.25) is 9.36 Å². The number of halogens is 4. The highest BCUT2D eigenvalue weighted by Gasteiger charge is 2.55. The average molecular weight is 1180 g/mol. The quantitative estimate of drug-likeness (QED) is 0.0176. The van der Waals surface area contributed by atoms with Crippen LogP contribution in [0.1, 0.15) is 63.9 Å². The Bertz CT molecular complexity index is 2990. The molecule has 72 heavy (non-hydrogen) atoms. The fourth-order valence-electron chi connectivity index (χ4n) is 7.31. The molecule has 5 heterocycles. The van der Waals surface area contributed by atoms with E-state index in [1.54, 1.807) is 82.8 Å². The van der Waals surface area contributed by atoms with Gasteiger partial charge in [0, 0.05) is 39.7 Å². The molecule has 382 valence electrons. The van der Waals surface area contributed by atoms with Crippen LogP contribution in [-0.4, -0.2) is 98.6 Å². The summed E-state index contributed by atoms with van der Waals surface area (Å²) in [5.74, 6) is -2.39. The summed E-state index contributed by atoms with van der Waals surface area (Å²) in [5.41, 5.74) is 0.138. The van der Waals surface area contributed by atoms with E-state index in [4.69, 9.17) is 52.4 Å². The number of aromatic nitrogens is 3. The number of alkyl carbamates (subject to hydrolysis) is 1. The van der Waals surface area contributed by atoms with Crippen molar-refractivity contribution in [3.63, 3.8) is 0 Å². The summed E-state index contributed by atoms with van der Waals surface area (Å²) in [5, 5.41) is 19.7. The number of fused-ring (bicyclic) bond motifs is 2. The molecule has 0 unspecified atom stereocenters. The number of β-lactam (4-membered cyclic amide) rings is 1. The maximum Gasteiger partial charge on any atom is 0.413 e. The molecule has 0 bridgehead atoms. The summed E-state index contributed by atoms with van der Waals surface area (Å²) in [6, 6.07) is 12.0. The minimum atomic E-state index is -1.11. The molecule has 2 aliphatic rings. The maximum atomic E-state index is 15.6. The van der Waals surface area contributed by atoms with Gasteiger partial charge in [0.15, 0.2) is 29.8 Å². The van der Waals surface area contributed by atoms with E-state index in [1.807, 2.05) is 22.9 Å². The second-order valence-corrected chi connectivity index (χ2v) is 21.1. The van der Waals surface area contributed by atoms with Gasteiger partial charge in [-0.25, -0.2) is 28.3 Å². The zero-order valence-corrected chi connectivity index (χ0v) is 45.3. The minimum absolute atomic E-state index is 0. The maximum absolute atomic E-state index is 15.6. The lowest BCUT2D eigenvalue weighted by molar-refractivity contribution is -0.687. The van der Waals surface area contributed by atoms with Gasteiger partial charge in [0.05, 0.1) is 24.6 Å². The number of anilines is 1. The van der Waals surface area contributed by atoms with E-state index in [0.717, 1.165) is 28.3 Å². The largest absolute Gasteiger partial charge is 1.00 e. The Morgan fingerprint density at radius 3 is 2.35 bits per heavy atom. The number of thiazole rings is 1. The fraction of sp³-hybridized carbons (Fsp3) is 0.340. The number of carbonyl (C=O) groups is 5. The predicted molar refractivity (Wildman–Crippen MR) is 264 cm³/mol. The van der Waals surface area contributed by atoms with E-state index in [1.165, 1.54) is 36.9 Å². The highest BCUT2D eigenvalue weighted by molar-refractivity contribution is 8.00. The van der Waals surface area contributed by atoms with Crippen LogP contribution in [0, 0.1) is 11.2 Å². The molecule has 0 aliphatic carbocycles. The van der Waals surface area contributed by atoms with E-state index in [9.17, 15) is 24.0 Å². The number of nitrogens with one attached hydrogen (secondary N) is 4. The lowest BCUT2D eigenvalue weighted by atomic mass is 10.0. The molecule has 4 amide bonds. The molecule has 2 atom stereocenters. The van der Waals surface area contributed by atoms with Gasteiger partial charge in [-0.3, -0.25) is 30.5 Å². The second kappa shape index (κ2) is 22.8. The lowest BCUT2D eigenvalue weighted by Crippen LogP contribution is -3.00. The summed E-state index contributed by atoms with van der Waals surface area (Å²) < 4.78 is 40.8. The Balaban J connectivity index is 0.00000847. The topological polar surface area (TPSA) is 229 Å². The number of thioether (sulfide) groups is 1. The molecule has 4 N–H and O–H groups in total. The van der Waals surface area contributed by atoms with Gasteiger partial charge in [0.1, 0.15) is 69.5 Å². The molecular formula is C47H49Cl2FIN9O10S2. The number of amides is 4. The Morgan fingerprint density at radius 1 is 1.00 bits per heavy atom. The molecule has 0 radical (unpaired) electrons. The number of hydrogen-bond donors (Lipinski definition) is 4. The molecule has 7 rings (SSSR count). The number of methoxy groups -OCH3 is 1. The Kier molecular flexibility index (Phi) is 17.5. The minimum Gasteiger partial charge on any atom is -1.00 e. The number of hydrogen-bond acceptors (Lipinski definition) is 15. The van der Waals surface area contributed by atoms with Gasteiger partial charge in [-0.1, -0.05) is 51.8 Å². The van der Waals surface area contributed by atoms with Crippen LogP contribution in [0.3, 0.4) is 0 Å². The van der Waals surface area contributed by atoms with Crippen LogP contribution in [0.15, 0.2) is 83.5 Å². The molecule has 19 nitrogen and oxygen atoms in total. The number of carbonyl (C=O) groups excluding carboxylic acids is 5. The third-order valence-corrected chi connectivity index (χ3v) is 13.2. The van der Waals surface area contributed by atoms with Crippen LogP contribution in [0.25, 0.3) is 10.9 Å². The number of oxime groups is 1. The van der Waals surface area contributed by atoms with Gasteiger partial charge < -0.3 is 57.6 Å². The molecule has 1 fully saturated rings. The molecule has 2 aromatic carbocycles. The second-order valence-electron chi connectivity index (χ2n) is 17.9. The van der Waals surface area contributed by atoms with Gasteiger partial charge >= 0.3 is 18.2 Å². The summed E-state index contributed by atoms with van der Waals surface area (Å²) in [7, 11) is 2.75. The summed E-state index contributed by atoms with van der Waals surface area (Å²) >= 11 is 15.2. The van der Waals surface area contributed by atoms with Crippen LogP contribution in [0.5, 0.6) is 5.75 Å². The first-order valence-electron chi connectivity index (χ1n) is 21.6. The zero-order chi connectivity index (χ0) is 51.5. The summed E-state index contributed by atoms with van der Waals surface area (Å²) in [6.07, 6.45) is 3.74. The number of esters is 1. The first-order valence-corrected chi connectivity index (χ1v) is 24.2. The normalized spacial score (nSPS) is 15.7. The summed E-state index contributed by atoms with van der Waals surface area (Å²) in [6.45, 7) is 10.2. The molecular weight excluding hydrogens is 1130 g/mol. The van der Waals surface area contributed by atoms with Gasteiger partial charge in [0.2, 0.25) is 0 Å².